The first kappa shape index (κ1) is 18.7. The SMILES string of the molecule is CCCCC/C=C/CC[C@@H](O)[C@@H](Cc1ccc(O)cc1)NC. The second kappa shape index (κ2) is 11.3. The van der Waals surface area contributed by atoms with Crippen LogP contribution >= 0.6 is 0 Å². The highest BCUT2D eigenvalue weighted by atomic mass is 16.3. The molecule has 0 amide bonds. The van der Waals surface area contributed by atoms with Gasteiger partial charge in [0.25, 0.3) is 0 Å². The summed E-state index contributed by atoms with van der Waals surface area (Å²) in [5.74, 6) is 0.276. The Labute approximate surface area is 135 Å². The van der Waals surface area contributed by atoms with Crippen molar-refractivity contribution in [2.24, 2.45) is 0 Å². The summed E-state index contributed by atoms with van der Waals surface area (Å²) in [5.41, 5.74) is 1.12. The van der Waals surface area contributed by atoms with Crippen molar-refractivity contribution in [3.8, 4) is 5.75 Å². The van der Waals surface area contributed by atoms with Crippen molar-refractivity contribution < 1.29 is 10.2 Å². The van der Waals surface area contributed by atoms with E-state index in [4.69, 9.17) is 0 Å². The van der Waals surface area contributed by atoms with Crippen LogP contribution in [0.1, 0.15) is 51.0 Å². The lowest BCUT2D eigenvalue weighted by molar-refractivity contribution is 0.122. The summed E-state index contributed by atoms with van der Waals surface area (Å²) in [5, 5.41) is 22.8. The van der Waals surface area contributed by atoms with Crippen molar-refractivity contribution in [3.63, 3.8) is 0 Å². The van der Waals surface area contributed by atoms with Gasteiger partial charge in [0.1, 0.15) is 5.75 Å². The Morgan fingerprint density at radius 1 is 1.09 bits per heavy atom. The average molecular weight is 305 g/mol. The molecule has 0 unspecified atom stereocenters. The lowest BCUT2D eigenvalue weighted by Gasteiger charge is -2.22. The molecule has 3 N–H and O–H groups in total. The molecule has 0 spiro atoms. The maximum Gasteiger partial charge on any atom is 0.115 e. The molecular formula is C19H31NO2. The number of phenolic OH excluding ortho intramolecular Hbond substituents is 1. The number of aliphatic hydroxyl groups is 1. The molecule has 22 heavy (non-hydrogen) atoms. The molecule has 0 aliphatic heterocycles. The number of hydrogen-bond acceptors (Lipinski definition) is 3. The lowest BCUT2D eigenvalue weighted by atomic mass is 9.98. The molecule has 0 radical (unpaired) electrons. The number of allylic oxidation sites excluding steroid dienone is 2. The molecule has 0 heterocycles. The molecule has 0 aliphatic rings. The fourth-order valence-electron chi connectivity index (χ4n) is 2.53. The van der Waals surface area contributed by atoms with E-state index in [1.165, 1.54) is 19.3 Å². The minimum atomic E-state index is -0.362. The molecule has 124 valence electrons. The van der Waals surface area contributed by atoms with E-state index >= 15 is 0 Å². The number of phenols is 1. The Kier molecular flexibility index (Phi) is 9.60. The topological polar surface area (TPSA) is 52.5 Å². The van der Waals surface area contributed by atoms with Gasteiger partial charge in [-0.25, -0.2) is 0 Å². The van der Waals surface area contributed by atoms with E-state index in [9.17, 15) is 10.2 Å². The van der Waals surface area contributed by atoms with E-state index in [1.54, 1.807) is 12.1 Å². The third kappa shape index (κ3) is 7.62. The van der Waals surface area contributed by atoms with Crippen LogP contribution in [0.4, 0.5) is 0 Å². The van der Waals surface area contributed by atoms with E-state index in [0.29, 0.717) is 0 Å². The van der Waals surface area contributed by atoms with Gasteiger partial charge in [0.2, 0.25) is 0 Å². The highest BCUT2D eigenvalue weighted by molar-refractivity contribution is 5.26. The molecule has 0 fully saturated rings. The zero-order valence-electron chi connectivity index (χ0n) is 14.0. The summed E-state index contributed by atoms with van der Waals surface area (Å²) >= 11 is 0. The van der Waals surface area contributed by atoms with Crippen molar-refractivity contribution in [3.05, 3.63) is 42.0 Å². The third-order valence-electron chi connectivity index (χ3n) is 4.00. The van der Waals surface area contributed by atoms with Crippen molar-refractivity contribution in [1.29, 1.82) is 0 Å². The zero-order valence-corrected chi connectivity index (χ0v) is 14.0. The van der Waals surface area contributed by atoms with Gasteiger partial charge in [-0.05, 0) is 56.8 Å². The Morgan fingerprint density at radius 2 is 1.77 bits per heavy atom. The number of benzene rings is 1. The lowest BCUT2D eigenvalue weighted by Crippen LogP contribution is -2.39. The first-order valence-corrected chi connectivity index (χ1v) is 8.45. The van der Waals surface area contributed by atoms with Crippen LogP contribution < -0.4 is 5.32 Å². The second-order valence-electron chi connectivity index (χ2n) is 5.88. The van der Waals surface area contributed by atoms with Gasteiger partial charge in [-0.1, -0.05) is 44.1 Å². The Balaban J connectivity index is 2.31. The molecular weight excluding hydrogens is 274 g/mol. The molecule has 3 nitrogen and oxygen atoms in total. The minimum Gasteiger partial charge on any atom is -0.508 e. The van der Waals surface area contributed by atoms with Gasteiger partial charge in [0.15, 0.2) is 0 Å². The first-order chi connectivity index (χ1) is 10.7. The Morgan fingerprint density at radius 3 is 2.41 bits per heavy atom. The summed E-state index contributed by atoms with van der Waals surface area (Å²) < 4.78 is 0. The van der Waals surface area contributed by atoms with Crippen LogP contribution in [0.3, 0.4) is 0 Å². The van der Waals surface area contributed by atoms with E-state index in [1.807, 2.05) is 19.2 Å². The fraction of sp³-hybridized carbons (Fsp3) is 0.579. The van der Waals surface area contributed by atoms with Crippen LogP contribution in [0.15, 0.2) is 36.4 Å². The molecule has 0 bridgehead atoms. The van der Waals surface area contributed by atoms with Gasteiger partial charge in [-0.15, -0.1) is 0 Å². The number of hydrogen-bond donors (Lipinski definition) is 3. The van der Waals surface area contributed by atoms with E-state index < -0.39 is 0 Å². The molecule has 0 saturated carbocycles. The summed E-state index contributed by atoms with van der Waals surface area (Å²) in [6.45, 7) is 2.21. The quantitative estimate of drug-likeness (QED) is 0.430. The van der Waals surface area contributed by atoms with E-state index in [2.05, 4.69) is 24.4 Å². The predicted octanol–water partition coefficient (Wildman–Crippen LogP) is 3.80. The minimum absolute atomic E-state index is 0.0398. The van der Waals surface area contributed by atoms with Crippen molar-refractivity contribution in [2.75, 3.05) is 7.05 Å². The predicted molar refractivity (Wildman–Crippen MR) is 93.2 cm³/mol. The van der Waals surface area contributed by atoms with Gasteiger partial charge in [-0.2, -0.15) is 0 Å². The van der Waals surface area contributed by atoms with Crippen LogP contribution in [-0.4, -0.2) is 29.4 Å². The number of aliphatic hydroxyl groups excluding tert-OH is 1. The second-order valence-corrected chi connectivity index (χ2v) is 5.88. The molecule has 3 heteroatoms. The van der Waals surface area contributed by atoms with Crippen LogP contribution in [0.5, 0.6) is 5.75 Å². The Hall–Kier alpha value is -1.32. The van der Waals surface area contributed by atoms with Gasteiger partial charge in [0, 0.05) is 6.04 Å². The maximum atomic E-state index is 10.3. The zero-order chi connectivity index (χ0) is 16.2. The van der Waals surface area contributed by atoms with E-state index in [0.717, 1.165) is 31.2 Å². The number of unbranched alkanes of at least 4 members (excludes halogenated alkanes) is 3. The third-order valence-corrected chi connectivity index (χ3v) is 4.00. The smallest absolute Gasteiger partial charge is 0.115 e. The largest absolute Gasteiger partial charge is 0.508 e. The van der Waals surface area contributed by atoms with E-state index in [-0.39, 0.29) is 17.9 Å². The van der Waals surface area contributed by atoms with Gasteiger partial charge >= 0.3 is 0 Å². The summed E-state index contributed by atoms with van der Waals surface area (Å²) in [4.78, 5) is 0. The molecule has 1 aromatic rings. The first-order valence-electron chi connectivity index (χ1n) is 8.45. The van der Waals surface area contributed by atoms with Crippen molar-refractivity contribution in [2.45, 2.75) is 64.0 Å². The highest BCUT2D eigenvalue weighted by Gasteiger charge is 2.17. The van der Waals surface area contributed by atoms with Crippen LogP contribution in [0.2, 0.25) is 0 Å². The van der Waals surface area contributed by atoms with Crippen LogP contribution in [0.25, 0.3) is 0 Å². The van der Waals surface area contributed by atoms with Gasteiger partial charge in [-0.3, -0.25) is 0 Å². The summed E-state index contributed by atoms with van der Waals surface area (Å²) in [7, 11) is 1.88. The molecule has 0 aromatic heterocycles. The van der Waals surface area contributed by atoms with Gasteiger partial charge in [0.05, 0.1) is 6.10 Å². The Bertz CT molecular complexity index is 414. The monoisotopic (exact) mass is 305 g/mol. The highest BCUT2D eigenvalue weighted by Crippen LogP contribution is 2.14. The summed E-state index contributed by atoms with van der Waals surface area (Å²) in [6.07, 6.45) is 11.5. The number of likely N-dealkylation sites (N-methyl/N-ethyl adjacent to an activating group) is 1. The average Bonchev–Trinajstić information content (AvgIpc) is 2.53. The maximum absolute atomic E-state index is 10.3. The molecule has 0 saturated heterocycles. The molecule has 1 rings (SSSR count). The molecule has 2 atom stereocenters. The molecule has 1 aromatic carbocycles. The molecule has 0 aliphatic carbocycles. The number of nitrogens with one attached hydrogen (secondary N) is 1. The van der Waals surface area contributed by atoms with Crippen molar-refractivity contribution >= 4 is 0 Å². The normalized spacial score (nSPS) is 14.3. The van der Waals surface area contributed by atoms with Crippen LogP contribution in [0, 0.1) is 0 Å². The number of rotatable bonds is 11. The van der Waals surface area contributed by atoms with Crippen molar-refractivity contribution in [1.82, 2.24) is 5.32 Å². The summed E-state index contributed by atoms with van der Waals surface area (Å²) in [6, 6.07) is 7.22. The number of aromatic hydroxyl groups is 1. The van der Waals surface area contributed by atoms with Gasteiger partial charge < -0.3 is 15.5 Å². The standard InChI is InChI=1S/C19H31NO2/c1-3-4-5-6-7-8-9-10-19(22)18(20-2)15-16-11-13-17(21)14-12-16/h7-8,11-14,18-22H,3-6,9-10,15H2,1-2H3/b8-7+/t18-,19-/m1/s1. The van der Waals surface area contributed by atoms with Crippen LogP contribution in [-0.2, 0) is 6.42 Å². The fourth-order valence-corrected chi connectivity index (χ4v) is 2.53.